The summed E-state index contributed by atoms with van der Waals surface area (Å²) in [5, 5.41) is 13.5. The first-order chi connectivity index (χ1) is 11.7. The fourth-order valence-corrected chi connectivity index (χ4v) is 2.64. The van der Waals surface area contributed by atoms with Gasteiger partial charge in [-0.1, -0.05) is 48.8 Å². The third-order valence-electron chi connectivity index (χ3n) is 3.48. The van der Waals surface area contributed by atoms with E-state index in [2.05, 4.69) is 42.0 Å². The number of anilines is 1. The number of amides is 1. The lowest BCUT2D eigenvalue weighted by Crippen LogP contribution is -2.22. The summed E-state index contributed by atoms with van der Waals surface area (Å²) in [6, 6.07) is 11.6. The maximum atomic E-state index is 12.1. The summed E-state index contributed by atoms with van der Waals surface area (Å²) in [4.78, 5) is 22.6. The number of halogens is 1. The number of carbonyl (C=O) groups is 1. The van der Waals surface area contributed by atoms with Gasteiger partial charge in [0.05, 0.1) is 4.92 Å². The fraction of sp³-hybridized carbons (Fsp3) is 0.278. The van der Waals surface area contributed by atoms with Crippen molar-refractivity contribution in [2.45, 2.75) is 26.2 Å². The lowest BCUT2D eigenvalue weighted by Gasteiger charge is -2.23. The van der Waals surface area contributed by atoms with E-state index in [1.165, 1.54) is 12.1 Å². The largest absolute Gasteiger partial charge is 0.483 e. The van der Waals surface area contributed by atoms with Crippen LogP contribution in [0.3, 0.4) is 0 Å². The molecule has 0 saturated heterocycles. The minimum Gasteiger partial charge on any atom is -0.483 e. The zero-order valence-corrected chi connectivity index (χ0v) is 15.8. The summed E-state index contributed by atoms with van der Waals surface area (Å²) in [5.41, 5.74) is 0.788. The summed E-state index contributed by atoms with van der Waals surface area (Å²) in [6.45, 7) is 5.91. The van der Waals surface area contributed by atoms with Crippen LogP contribution in [0, 0.1) is 10.1 Å². The standard InChI is InChI=1S/C18H19BrN2O4/c1-18(2,3)13-10-12(19)8-9-16(13)25-11-17(22)20-14-6-4-5-7-15(14)21(23)24/h4-10H,11H2,1-3H3,(H,20,22). The van der Waals surface area contributed by atoms with Crippen molar-refractivity contribution >= 4 is 33.2 Å². The molecule has 0 radical (unpaired) electrons. The molecule has 0 aromatic heterocycles. The average Bonchev–Trinajstić information content (AvgIpc) is 2.53. The first-order valence-corrected chi connectivity index (χ1v) is 8.44. The first kappa shape index (κ1) is 18.9. The van der Waals surface area contributed by atoms with E-state index in [0.717, 1.165) is 10.0 Å². The Hall–Kier alpha value is -2.41. The molecule has 0 fully saturated rings. The Bertz CT molecular complexity index is 800. The average molecular weight is 407 g/mol. The van der Waals surface area contributed by atoms with Gasteiger partial charge in [-0.15, -0.1) is 0 Å². The number of ether oxygens (including phenoxy) is 1. The number of nitro groups is 1. The molecule has 0 saturated carbocycles. The number of nitro benzene ring substituents is 1. The Balaban J connectivity index is 2.10. The van der Waals surface area contributed by atoms with Gasteiger partial charge >= 0.3 is 0 Å². The Morgan fingerprint density at radius 3 is 2.56 bits per heavy atom. The minimum absolute atomic E-state index is 0.146. The lowest BCUT2D eigenvalue weighted by molar-refractivity contribution is -0.383. The van der Waals surface area contributed by atoms with E-state index in [0.29, 0.717) is 5.75 Å². The molecule has 0 aliphatic carbocycles. The molecule has 0 atom stereocenters. The van der Waals surface area contributed by atoms with Gasteiger partial charge in [-0.05, 0) is 29.7 Å². The smallest absolute Gasteiger partial charge is 0.292 e. The van der Waals surface area contributed by atoms with Crippen LogP contribution in [0.1, 0.15) is 26.3 Å². The van der Waals surface area contributed by atoms with Gasteiger partial charge in [-0.2, -0.15) is 0 Å². The topological polar surface area (TPSA) is 81.5 Å². The predicted molar refractivity (Wildman–Crippen MR) is 100 cm³/mol. The van der Waals surface area contributed by atoms with Gasteiger partial charge in [0.25, 0.3) is 11.6 Å². The molecule has 1 N–H and O–H groups in total. The number of para-hydroxylation sites is 2. The van der Waals surface area contributed by atoms with Gasteiger partial charge < -0.3 is 10.1 Å². The van der Waals surface area contributed by atoms with Crippen LogP contribution in [0.5, 0.6) is 5.75 Å². The molecular formula is C18H19BrN2O4. The van der Waals surface area contributed by atoms with E-state index in [1.54, 1.807) is 18.2 Å². The van der Waals surface area contributed by atoms with E-state index < -0.39 is 10.8 Å². The second kappa shape index (κ2) is 7.65. The molecule has 0 heterocycles. The molecule has 0 aliphatic rings. The Morgan fingerprint density at radius 1 is 1.24 bits per heavy atom. The second-order valence-electron chi connectivity index (χ2n) is 6.50. The van der Waals surface area contributed by atoms with Crippen molar-refractivity contribution in [2.24, 2.45) is 0 Å². The van der Waals surface area contributed by atoms with Crippen LogP contribution in [0.4, 0.5) is 11.4 Å². The van der Waals surface area contributed by atoms with E-state index in [4.69, 9.17) is 4.74 Å². The maximum absolute atomic E-state index is 12.1. The van der Waals surface area contributed by atoms with Crippen LogP contribution in [-0.4, -0.2) is 17.4 Å². The van der Waals surface area contributed by atoms with E-state index in [1.807, 2.05) is 12.1 Å². The Morgan fingerprint density at radius 2 is 1.92 bits per heavy atom. The third-order valence-corrected chi connectivity index (χ3v) is 3.98. The molecule has 2 aromatic rings. The zero-order chi connectivity index (χ0) is 18.6. The normalized spacial score (nSPS) is 11.0. The van der Waals surface area contributed by atoms with Crippen molar-refractivity contribution in [1.82, 2.24) is 0 Å². The summed E-state index contributed by atoms with van der Waals surface area (Å²) in [5.74, 6) is 0.144. The van der Waals surface area contributed by atoms with Crippen LogP contribution in [0.2, 0.25) is 0 Å². The molecule has 1 amide bonds. The van der Waals surface area contributed by atoms with Gasteiger partial charge in [0.15, 0.2) is 6.61 Å². The highest BCUT2D eigenvalue weighted by atomic mass is 79.9. The molecule has 0 bridgehead atoms. The van der Waals surface area contributed by atoms with Crippen molar-refractivity contribution in [3.05, 3.63) is 62.6 Å². The van der Waals surface area contributed by atoms with Gasteiger partial charge in [0.1, 0.15) is 11.4 Å². The molecule has 2 rings (SSSR count). The van der Waals surface area contributed by atoms with Crippen LogP contribution < -0.4 is 10.1 Å². The number of hydrogen-bond donors (Lipinski definition) is 1. The second-order valence-corrected chi connectivity index (χ2v) is 7.42. The zero-order valence-electron chi connectivity index (χ0n) is 14.2. The maximum Gasteiger partial charge on any atom is 0.292 e. The van der Waals surface area contributed by atoms with Crippen molar-refractivity contribution < 1.29 is 14.5 Å². The number of nitrogens with one attached hydrogen (secondary N) is 1. The van der Waals surface area contributed by atoms with Crippen molar-refractivity contribution in [2.75, 3.05) is 11.9 Å². The summed E-state index contributed by atoms with van der Waals surface area (Å²) < 4.78 is 6.58. The van der Waals surface area contributed by atoms with Crippen molar-refractivity contribution in [1.29, 1.82) is 0 Å². The highest BCUT2D eigenvalue weighted by Crippen LogP contribution is 2.33. The fourth-order valence-electron chi connectivity index (χ4n) is 2.28. The SMILES string of the molecule is CC(C)(C)c1cc(Br)ccc1OCC(=O)Nc1ccccc1[N+](=O)[O-]. The molecule has 7 heteroatoms. The molecule has 25 heavy (non-hydrogen) atoms. The van der Waals surface area contributed by atoms with Crippen LogP contribution in [-0.2, 0) is 10.2 Å². The van der Waals surface area contributed by atoms with Crippen LogP contribution in [0.15, 0.2) is 46.9 Å². The van der Waals surface area contributed by atoms with Crippen LogP contribution in [0.25, 0.3) is 0 Å². The molecule has 132 valence electrons. The number of hydrogen-bond acceptors (Lipinski definition) is 4. The monoisotopic (exact) mass is 406 g/mol. The highest BCUT2D eigenvalue weighted by molar-refractivity contribution is 9.10. The Labute approximate surface area is 154 Å². The van der Waals surface area contributed by atoms with Crippen molar-refractivity contribution in [3.8, 4) is 5.75 Å². The van der Waals surface area contributed by atoms with E-state index in [9.17, 15) is 14.9 Å². The molecule has 0 unspecified atom stereocenters. The highest BCUT2D eigenvalue weighted by Gasteiger charge is 2.20. The molecule has 0 aliphatic heterocycles. The van der Waals surface area contributed by atoms with Gasteiger partial charge in [-0.3, -0.25) is 14.9 Å². The van der Waals surface area contributed by atoms with Crippen molar-refractivity contribution in [3.63, 3.8) is 0 Å². The van der Waals surface area contributed by atoms with Gasteiger partial charge in [0.2, 0.25) is 0 Å². The molecule has 0 spiro atoms. The molecule has 2 aromatic carbocycles. The molecule has 6 nitrogen and oxygen atoms in total. The van der Waals surface area contributed by atoms with Gasteiger partial charge in [-0.25, -0.2) is 0 Å². The van der Waals surface area contributed by atoms with Gasteiger partial charge in [0, 0.05) is 16.1 Å². The number of rotatable bonds is 5. The number of nitrogens with zero attached hydrogens (tertiary/aromatic N) is 1. The quantitative estimate of drug-likeness (QED) is 0.577. The minimum atomic E-state index is -0.539. The lowest BCUT2D eigenvalue weighted by atomic mass is 9.86. The predicted octanol–water partition coefficient (Wildman–Crippen LogP) is 4.67. The summed E-state index contributed by atoms with van der Waals surface area (Å²) in [7, 11) is 0. The molecular weight excluding hydrogens is 388 g/mol. The summed E-state index contributed by atoms with van der Waals surface area (Å²) in [6.07, 6.45) is 0. The van der Waals surface area contributed by atoms with Crippen LogP contribution >= 0.6 is 15.9 Å². The first-order valence-electron chi connectivity index (χ1n) is 7.64. The number of carbonyl (C=O) groups excluding carboxylic acids is 1. The number of benzene rings is 2. The van der Waals surface area contributed by atoms with E-state index >= 15 is 0 Å². The van der Waals surface area contributed by atoms with E-state index in [-0.39, 0.29) is 23.4 Å². The Kier molecular flexibility index (Phi) is 5.79. The third kappa shape index (κ3) is 5.03. The summed E-state index contributed by atoms with van der Waals surface area (Å²) >= 11 is 3.44.